The largest absolute Gasteiger partial charge is 0.350 e. The van der Waals surface area contributed by atoms with E-state index in [1.165, 1.54) is 12.1 Å². The summed E-state index contributed by atoms with van der Waals surface area (Å²) in [5, 5.41) is 8.36. The molecule has 47 heavy (non-hydrogen) atoms. The third-order valence-electron chi connectivity index (χ3n) is 9.38. The highest BCUT2D eigenvalue weighted by atomic mass is 19.1. The van der Waals surface area contributed by atoms with Crippen LogP contribution in [-0.2, 0) is 16.0 Å². The van der Waals surface area contributed by atoms with Crippen molar-refractivity contribution in [3.8, 4) is 22.6 Å². The maximum absolute atomic E-state index is 13.5. The van der Waals surface area contributed by atoms with Crippen molar-refractivity contribution in [3.63, 3.8) is 0 Å². The monoisotopic (exact) mass is 632 g/mol. The van der Waals surface area contributed by atoms with E-state index in [2.05, 4.69) is 48.8 Å². The Balaban J connectivity index is 0.933. The lowest BCUT2D eigenvalue weighted by atomic mass is 9.96. The summed E-state index contributed by atoms with van der Waals surface area (Å²) in [6, 6.07) is 18.0. The molecule has 1 unspecified atom stereocenters. The van der Waals surface area contributed by atoms with Gasteiger partial charge in [0.15, 0.2) is 5.82 Å². The molecule has 5 aromatic rings. The van der Waals surface area contributed by atoms with Crippen molar-refractivity contribution >= 4 is 28.4 Å². The van der Waals surface area contributed by atoms with E-state index in [0.717, 1.165) is 52.1 Å². The number of benzene rings is 2. The molecular formula is C36H37FN8O2. The standard InChI is InChI=1S/C36H37FN8O2/c1-23-20-45(24(2)19-44(23)33-11-7-27(18-40-33)36-38-13-3-14-39-36)34(47)22-43-15-12-28(21-43)32(46)17-25-4-10-31-30(16-25)35(42-41-31)26-5-8-29(37)9-6-26/h3-11,13-14,16,18,23-24,28H,12,15,17,19-22H2,1-2H3,(H,41,42)/t23-,24+,28?/m1/s1. The van der Waals surface area contributed by atoms with Gasteiger partial charge < -0.3 is 9.80 Å². The minimum Gasteiger partial charge on any atom is -0.350 e. The first-order chi connectivity index (χ1) is 22.8. The lowest BCUT2D eigenvalue weighted by Gasteiger charge is -2.45. The highest BCUT2D eigenvalue weighted by Crippen LogP contribution is 2.29. The summed E-state index contributed by atoms with van der Waals surface area (Å²) in [6.07, 6.45) is 6.29. The van der Waals surface area contributed by atoms with Crippen LogP contribution in [0.25, 0.3) is 33.5 Å². The number of aromatic amines is 1. The first kappa shape index (κ1) is 30.6. The van der Waals surface area contributed by atoms with Gasteiger partial charge in [0.25, 0.3) is 0 Å². The maximum Gasteiger partial charge on any atom is 0.237 e. The Labute approximate surface area is 272 Å². The molecule has 2 fully saturated rings. The third-order valence-corrected chi connectivity index (χ3v) is 9.38. The number of amides is 1. The van der Waals surface area contributed by atoms with Crippen LogP contribution in [0.4, 0.5) is 10.2 Å². The number of hydrogen-bond acceptors (Lipinski definition) is 8. The molecule has 3 aromatic heterocycles. The number of pyridine rings is 1. The molecule has 2 aliphatic heterocycles. The number of carbonyl (C=O) groups excluding carboxylic acids is 2. The average molecular weight is 633 g/mol. The van der Waals surface area contributed by atoms with Crippen molar-refractivity contribution in [2.24, 2.45) is 5.92 Å². The molecule has 2 aliphatic rings. The van der Waals surface area contributed by atoms with Gasteiger partial charge in [0.05, 0.1) is 17.8 Å². The number of halogens is 1. The lowest BCUT2D eigenvalue weighted by Crippen LogP contribution is -2.59. The number of carbonyl (C=O) groups is 2. The van der Waals surface area contributed by atoms with Crippen LogP contribution in [0, 0.1) is 11.7 Å². The molecule has 0 spiro atoms. The number of nitrogens with one attached hydrogen (secondary N) is 1. The summed E-state index contributed by atoms with van der Waals surface area (Å²) in [7, 11) is 0. The van der Waals surface area contributed by atoms with Crippen LogP contribution in [-0.4, -0.2) is 91.4 Å². The van der Waals surface area contributed by atoms with E-state index in [-0.39, 0.29) is 35.5 Å². The van der Waals surface area contributed by atoms with Gasteiger partial charge in [0, 0.05) is 79.2 Å². The molecular weight excluding hydrogens is 595 g/mol. The van der Waals surface area contributed by atoms with Crippen LogP contribution in [0.15, 0.2) is 79.3 Å². The Morgan fingerprint density at radius 3 is 2.47 bits per heavy atom. The lowest BCUT2D eigenvalue weighted by molar-refractivity contribution is -0.135. The quantitative estimate of drug-likeness (QED) is 0.260. The van der Waals surface area contributed by atoms with Crippen LogP contribution in [0.5, 0.6) is 0 Å². The second-order valence-corrected chi connectivity index (χ2v) is 12.7. The number of likely N-dealkylation sites (tertiary alicyclic amines) is 1. The van der Waals surface area contributed by atoms with Crippen LogP contribution in [0.1, 0.15) is 25.8 Å². The third kappa shape index (κ3) is 6.48. The van der Waals surface area contributed by atoms with Crippen LogP contribution in [0.2, 0.25) is 0 Å². The number of Topliss-reactive ketones (excluding diaryl/α,β-unsaturated/α-hetero) is 1. The molecule has 11 heteroatoms. The number of rotatable bonds is 8. The number of H-pyrrole nitrogens is 1. The van der Waals surface area contributed by atoms with E-state index in [1.54, 1.807) is 36.8 Å². The number of aromatic nitrogens is 5. The van der Waals surface area contributed by atoms with E-state index in [1.807, 2.05) is 35.2 Å². The number of piperazine rings is 1. The molecule has 0 radical (unpaired) electrons. The van der Waals surface area contributed by atoms with E-state index in [9.17, 15) is 14.0 Å². The Morgan fingerprint density at radius 1 is 0.915 bits per heavy atom. The van der Waals surface area contributed by atoms with E-state index >= 15 is 0 Å². The molecule has 2 aromatic carbocycles. The normalized spacial score (nSPS) is 20.2. The van der Waals surface area contributed by atoms with Gasteiger partial charge in [-0.25, -0.2) is 19.3 Å². The van der Waals surface area contributed by atoms with Gasteiger partial charge in [-0.3, -0.25) is 19.6 Å². The van der Waals surface area contributed by atoms with Crippen molar-refractivity contribution in [1.82, 2.24) is 34.9 Å². The summed E-state index contributed by atoms with van der Waals surface area (Å²) in [5.74, 6) is 1.38. The number of hydrogen-bond donors (Lipinski definition) is 1. The van der Waals surface area contributed by atoms with Crippen molar-refractivity contribution in [2.45, 2.75) is 38.8 Å². The topological polar surface area (TPSA) is 111 Å². The zero-order valence-corrected chi connectivity index (χ0v) is 26.5. The number of ketones is 1. The fourth-order valence-corrected chi connectivity index (χ4v) is 6.80. The van der Waals surface area contributed by atoms with Gasteiger partial charge in [-0.1, -0.05) is 6.07 Å². The average Bonchev–Trinajstić information content (AvgIpc) is 3.74. The summed E-state index contributed by atoms with van der Waals surface area (Å²) >= 11 is 0. The summed E-state index contributed by atoms with van der Waals surface area (Å²) in [5.41, 5.74) is 4.19. The minimum absolute atomic E-state index is 0.0234. The summed E-state index contributed by atoms with van der Waals surface area (Å²) < 4.78 is 13.5. The van der Waals surface area contributed by atoms with Gasteiger partial charge in [-0.05, 0) is 87.0 Å². The van der Waals surface area contributed by atoms with Gasteiger partial charge >= 0.3 is 0 Å². The highest BCUT2D eigenvalue weighted by molar-refractivity contribution is 5.94. The Hall–Kier alpha value is -5.03. The number of nitrogens with zero attached hydrogens (tertiary/aromatic N) is 7. The number of fused-ring (bicyclic) bond motifs is 1. The fraction of sp³-hybridized carbons (Fsp3) is 0.333. The highest BCUT2D eigenvalue weighted by Gasteiger charge is 2.35. The minimum atomic E-state index is -0.297. The second-order valence-electron chi connectivity index (χ2n) is 12.7. The maximum atomic E-state index is 13.5. The molecule has 2 saturated heterocycles. The smallest absolute Gasteiger partial charge is 0.237 e. The predicted molar refractivity (Wildman–Crippen MR) is 178 cm³/mol. The van der Waals surface area contributed by atoms with Crippen molar-refractivity contribution < 1.29 is 14.0 Å². The van der Waals surface area contributed by atoms with E-state index in [0.29, 0.717) is 38.4 Å². The molecule has 5 heterocycles. The second kappa shape index (κ2) is 13.0. The molecule has 0 saturated carbocycles. The van der Waals surface area contributed by atoms with Gasteiger partial charge in [-0.15, -0.1) is 0 Å². The Kier molecular flexibility index (Phi) is 8.46. The summed E-state index contributed by atoms with van der Waals surface area (Å²) in [4.78, 5) is 46.5. The predicted octanol–water partition coefficient (Wildman–Crippen LogP) is 4.78. The molecule has 0 aliphatic carbocycles. The zero-order chi connectivity index (χ0) is 32.5. The molecule has 1 N–H and O–H groups in total. The van der Waals surface area contributed by atoms with Gasteiger partial charge in [0.1, 0.15) is 17.4 Å². The van der Waals surface area contributed by atoms with Gasteiger partial charge in [-0.2, -0.15) is 5.10 Å². The first-order valence-corrected chi connectivity index (χ1v) is 16.1. The Morgan fingerprint density at radius 2 is 1.70 bits per heavy atom. The molecule has 0 bridgehead atoms. The van der Waals surface area contributed by atoms with Crippen LogP contribution >= 0.6 is 0 Å². The zero-order valence-electron chi connectivity index (χ0n) is 26.5. The first-order valence-electron chi connectivity index (χ1n) is 16.1. The molecule has 1 amide bonds. The van der Waals surface area contributed by atoms with Gasteiger partial charge in [0.2, 0.25) is 5.91 Å². The van der Waals surface area contributed by atoms with Crippen LogP contribution < -0.4 is 4.90 Å². The molecule has 3 atom stereocenters. The fourth-order valence-electron chi connectivity index (χ4n) is 6.80. The molecule has 7 rings (SSSR count). The Bertz CT molecular complexity index is 1880. The number of anilines is 1. The molecule has 240 valence electrons. The van der Waals surface area contributed by atoms with Crippen LogP contribution in [0.3, 0.4) is 0 Å². The van der Waals surface area contributed by atoms with Crippen molar-refractivity contribution in [1.29, 1.82) is 0 Å². The van der Waals surface area contributed by atoms with Crippen molar-refractivity contribution in [2.75, 3.05) is 37.6 Å². The SMILES string of the molecule is C[C@@H]1CN(C(=O)CN2CCC(C(=O)Cc3ccc4[nH]nc(-c5ccc(F)cc5)c4c3)C2)[C@@H](C)CN1c1ccc(-c2ncccn2)cn1. The van der Waals surface area contributed by atoms with Crippen molar-refractivity contribution in [3.05, 3.63) is 90.6 Å². The molecule has 10 nitrogen and oxygen atoms in total. The van der Waals surface area contributed by atoms with E-state index in [4.69, 9.17) is 0 Å². The summed E-state index contributed by atoms with van der Waals surface area (Å²) in [6.45, 7) is 7.12. The van der Waals surface area contributed by atoms with E-state index < -0.39 is 0 Å².